The molecule has 2 aromatic heterocycles. The van der Waals surface area contributed by atoms with Crippen molar-refractivity contribution in [2.75, 3.05) is 0 Å². The van der Waals surface area contributed by atoms with E-state index in [0.29, 0.717) is 54.7 Å². The summed E-state index contributed by atoms with van der Waals surface area (Å²) < 4.78 is 2.95. The Hall–Kier alpha value is -2.18. The van der Waals surface area contributed by atoms with E-state index in [2.05, 4.69) is 4.98 Å². The first-order valence-electron chi connectivity index (χ1n) is 9.78. The number of nitrogens with zero attached hydrogens (tertiary/aromatic N) is 3. The number of fused-ring (bicyclic) bond motifs is 2. The molecule has 2 heterocycles. The molecule has 0 bridgehead atoms. The zero-order valence-corrected chi connectivity index (χ0v) is 15.5. The molecule has 2 aliphatic rings. The minimum Gasteiger partial charge on any atom is -0.336 e. The Kier molecular flexibility index (Phi) is 4.32. The number of Topliss-reactive ketones (excluding diaryl/α,β-unsaturated/α-hetero) is 1. The highest BCUT2D eigenvalue weighted by molar-refractivity contribution is 5.81. The van der Waals surface area contributed by atoms with Gasteiger partial charge >= 0.3 is 5.69 Å². The van der Waals surface area contributed by atoms with E-state index in [-0.39, 0.29) is 17.2 Å². The van der Waals surface area contributed by atoms with Gasteiger partial charge in [-0.1, -0.05) is 13.8 Å². The number of imidazole rings is 1. The molecule has 2 aliphatic carbocycles. The van der Waals surface area contributed by atoms with Crippen molar-refractivity contribution in [1.29, 1.82) is 0 Å². The van der Waals surface area contributed by atoms with Crippen LogP contribution < -0.4 is 11.2 Å². The van der Waals surface area contributed by atoms with Gasteiger partial charge in [0.1, 0.15) is 17.1 Å². The Morgan fingerprint density at radius 2 is 1.62 bits per heavy atom. The van der Waals surface area contributed by atoms with Crippen LogP contribution in [-0.2, 0) is 17.9 Å². The van der Waals surface area contributed by atoms with Crippen molar-refractivity contribution >= 4 is 16.9 Å². The Morgan fingerprint density at radius 1 is 1.00 bits per heavy atom. The molecular weight excluding hydrogens is 332 g/mol. The molecule has 0 aromatic carbocycles. The lowest BCUT2D eigenvalue weighted by molar-refractivity contribution is -0.117. The number of carbonyl (C=O) groups is 1. The summed E-state index contributed by atoms with van der Waals surface area (Å²) >= 11 is 0. The summed E-state index contributed by atoms with van der Waals surface area (Å²) in [7, 11) is 0. The van der Waals surface area contributed by atoms with Gasteiger partial charge in [0.05, 0.1) is 0 Å². The maximum absolute atomic E-state index is 12.8. The fraction of sp³-hybridized carbons (Fsp3) is 0.684. The summed E-state index contributed by atoms with van der Waals surface area (Å²) in [4.78, 5) is 45.1. The van der Waals surface area contributed by atoms with Gasteiger partial charge in [0, 0.05) is 31.8 Å². The van der Waals surface area contributed by atoms with E-state index in [0.717, 1.165) is 31.5 Å². The van der Waals surface area contributed by atoms with E-state index >= 15 is 0 Å². The molecule has 140 valence electrons. The molecule has 1 N–H and O–H groups in total. The van der Waals surface area contributed by atoms with Gasteiger partial charge in [-0.25, -0.2) is 9.78 Å². The zero-order chi connectivity index (χ0) is 18.4. The van der Waals surface area contributed by atoms with Crippen LogP contribution in [0.5, 0.6) is 0 Å². The third-order valence-corrected chi connectivity index (χ3v) is 5.98. The zero-order valence-electron chi connectivity index (χ0n) is 15.5. The van der Waals surface area contributed by atoms with Crippen LogP contribution in [0.2, 0.25) is 0 Å². The van der Waals surface area contributed by atoms with Gasteiger partial charge in [-0.15, -0.1) is 0 Å². The SMILES string of the molecule is CCCn1c(=O)c2[nH]c(C3C[C@H]4CC(=O)C[C@H]4C3)nc2n(CCC)c1=O. The van der Waals surface area contributed by atoms with E-state index in [9.17, 15) is 14.4 Å². The molecule has 2 fully saturated rings. The average molecular weight is 358 g/mol. The Bertz CT molecular complexity index is 952. The Morgan fingerprint density at radius 3 is 2.23 bits per heavy atom. The average Bonchev–Trinajstić information content (AvgIpc) is 3.27. The molecule has 0 amide bonds. The van der Waals surface area contributed by atoms with Crippen LogP contribution in [0.15, 0.2) is 9.59 Å². The molecular formula is C19H26N4O3. The first kappa shape index (κ1) is 17.2. The monoisotopic (exact) mass is 358 g/mol. The fourth-order valence-electron chi connectivity index (χ4n) is 4.83. The van der Waals surface area contributed by atoms with Crippen molar-refractivity contribution in [2.24, 2.45) is 11.8 Å². The predicted molar refractivity (Wildman–Crippen MR) is 98.4 cm³/mol. The number of aromatic amines is 1. The molecule has 1 unspecified atom stereocenters. The topological polar surface area (TPSA) is 89.8 Å². The number of aromatic nitrogens is 4. The number of carbonyl (C=O) groups excluding carboxylic acids is 1. The minimum atomic E-state index is -0.272. The lowest BCUT2D eigenvalue weighted by Crippen LogP contribution is -2.40. The van der Waals surface area contributed by atoms with E-state index in [1.165, 1.54) is 4.57 Å². The summed E-state index contributed by atoms with van der Waals surface area (Å²) in [6, 6.07) is 0. The molecule has 0 radical (unpaired) electrons. The van der Waals surface area contributed by atoms with Crippen LogP contribution in [0.1, 0.15) is 64.1 Å². The maximum Gasteiger partial charge on any atom is 0.332 e. The predicted octanol–water partition coefficient (Wildman–Crippen LogP) is 2.18. The first-order chi connectivity index (χ1) is 12.5. The molecule has 0 saturated heterocycles. The number of aryl methyl sites for hydroxylation is 1. The van der Waals surface area contributed by atoms with E-state index in [4.69, 9.17) is 4.98 Å². The van der Waals surface area contributed by atoms with Gasteiger partial charge in [0.15, 0.2) is 5.65 Å². The standard InChI is InChI=1S/C19H26N4O3/c1-3-5-22-17-15(18(25)23(6-4-2)19(22)26)20-16(21-17)13-7-11-9-14(24)10-12(11)8-13/h11-13H,3-10H2,1-2H3,(H,20,21)/t11-,12+,13?. The molecule has 7 heteroatoms. The largest absolute Gasteiger partial charge is 0.336 e. The summed E-state index contributed by atoms with van der Waals surface area (Å²) in [5, 5.41) is 0. The summed E-state index contributed by atoms with van der Waals surface area (Å²) in [5.74, 6) is 2.33. The van der Waals surface area contributed by atoms with Crippen molar-refractivity contribution in [3.63, 3.8) is 0 Å². The first-order valence-corrected chi connectivity index (χ1v) is 9.78. The number of hydrogen-bond acceptors (Lipinski definition) is 4. The second-order valence-electron chi connectivity index (χ2n) is 7.85. The second kappa shape index (κ2) is 6.52. The Balaban J connectivity index is 1.78. The molecule has 0 spiro atoms. The van der Waals surface area contributed by atoms with Crippen molar-refractivity contribution in [3.05, 3.63) is 26.7 Å². The molecule has 4 rings (SSSR count). The smallest absolute Gasteiger partial charge is 0.332 e. The van der Waals surface area contributed by atoms with Crippen LogP contribution in [0.3, 0.4) is 0 Å². The van der Waals surface area contributed by atoms with Crippen LogP contribution in [-0.4, -0.2) is 24.9 Å². The second-order valence-corrected chi connectivity index (χ2v) is 7.85. The number of nitrogens with one attached hydrogen (secondary N) is 1. The van der Waals surface area contributed by atoms with Gasteiger partial charge in [-0.2, -0.15) is 0 Å². The van der Waals surface area contributed by atoms with Crippen molar-refractivity contribution < 1.29 is 4.79 Å². The molecule has 3 atom stereocenters. The number of H-pyrrole nitrogens is 1. The van der Waals surface area contributed by atoms with Crippen LogP contribution in [0.4, 0.5) is 0 Å². The van der Waals surface area contributed by atoms with Crippen molar-refractivity contribution in [2.45, 2.75) is 71.4 Å². The third kappa shape index (κ3) is 2.64. The van der Waals surface area contributed by atoms with Gasteiger partial charge in [0.2, 0.25) is 0 Å². The highest BCUT2D eigenvalue weighted by atomic mass is 16.2. The lowest BCUT2D eigenvalue weighted by Gasteiger charge is -2.09. The fourth-order valence-corrected chi connectivity index (χ4v) is 4.83. The minimum absolute atomic E-state index is 0.245. The van der Waals surface area contributed by atoms with Crippen LogP contribution in [0, 0.1) is 11.8 Å². The van der Waals surface area contributed by atoms with Gasteiger partial charge in [-0.3, -0.25) is 18.7 Å². The summed E-state index contributed by atoms with van der Waals surface area (Å²) in [6.07, 6.45) is 4.79. The normalized spacial score (nSPS) is 25.3. The van der Waals surface area contributed by atoms with Crippen LogP contribution in [0.25, 0.3) is 11.2 Å². The van der Waals surface area contributed by atoms with E-state index in [1.807, 2.05) is 13.8 Å². The molecule has 0 aliphatic heterocycles. The highest BCUT2D eigenvalue weighted by Gasteiger charge is 2.42. The maximum atomic E-state index is 12.8. The molecule has 2 aromatic rings. The molecule has 26 heavy (non-hydrogen) atoms. The van der Waals surface area contributed by atoms with Crippen LogP contribution >= 0.6 is 0 Å². The lowest BCUT2D eigenvalue weighted by atomic mass is 10.0. The van der Waals surface area contributed by atoms with E-state index in [1.54, 1.807) is 4.57 Å². The van der Waals surface area contributed by atoms with Crippen molar-refractivity contribution in [3.8, 4) is 0 Å². The summed E-state index contributed by atoms with van der Waals surface area (Å²) in [6.45, 7) is 4.93. The van der Waals surface area contributed by atoms with Gasteiger partial charge in [0.25, 0.3) is 5.56 Å². The van der Waals surface area contributed by atoms with E-state index < -0.39 is 0 Å². The number of ketones is 1. The molecule has 2 saturated carbocycles. The Labute approximate surface area is 151 Å². The summed E-state index contributed by atoms with van der Waals surface area (Å²) in [5.41, 5.74) is 0.386. The number of rotatable bonds is 5. The van der Waals surface area contributed by atoms with Gasteiger partial charge in [-0.05, 0) is 37.5 Å². The number of hydrogen-bond donors (Lipinski definition) is 1. The highest BCUT2D eigenvalue weighted by Crippen LogP contribution is 2.48. The third-order valence-electron chi connectivity index (χ3n) is 5.98. The quantitative estimate of drug-likeness (QED) is 0.887. The molecule has 7 nitrogen and oxygen atoms in total. The van der Waals surface area contributed by atoms with Crippen molar-refractivity contribution in [1.82, 2.24) is 19.1 Å². The van der Waals surface area contributed by atoms with Gasteiger partial charge < -0.3 is 4.98 Å².